The van der Waals surface area contributed by atoms with Crippen LogP contribution in [0.3, 0.4) is 0 Å². The Labute approximate surface area is 131 Å². The van der Waals surface area contributed by atoms with Gasteiger partial charge in [-0.3, -0.25) is 4.79 Å². The lowest BCUT2D eigenvalue weighted by molar-refractivity contribution is 0.0600. The number of methoxy groups -OCH3 is 1. The van der Waals surface area contributed by atoms with E-state index in [0.29, 0.717) is 11.1 Å². The van der Waals surface area contributed by atoms with Crippen molar-refractivity contribution in [2.24, 2.45) is 5.73 Å². The van der Waals surface area contributed by atoms with Crippen LogP contribution in [-0.2, 0) is 4.74 Å². The average Bonchev–Trinajstić information content (AvgIpc) is 2.48. The fraction of sp³-hybridized carbons (Fsp3) is 0.0667. The fourth-order valence-corrected chi connectivity index (χ4v) is 2.01. The number of benzene rings is 2. The second kappa shape index (κ2) is 8.31. The number of carbonyl (C=O) groups excluding carboxylic acids is 2. The van der Waals surface area contributed by atoms with E-state index in [9.17, 15) is 9.59 Å². The third kappa shape index (κ3) is 5.00. The molecule has 0 aliphatic carbocycles. The third-order valence-electron chi connectivity index (χ3n) is 2.33. The molecule has 2 aromatic rings. The summed E-state index contributed by atoms with van der Waals surface area (Å²) in [6.07, 6.45) is 0. The third-order valence-corrected chi connectivity index (χ3v) is 3.27. The molecule has 5 heteroatoms. The molecule has 104 valence electrons. The van der Waals surface area contributed by atoms with E-state index < -0.39 is 0 Å². The van der Waals surface area contributed by atoms with Gasteiger partial charge in [0.05, 0.1) is 18.2 Å². The summed E-state index contributed by atoms with van der Waals surface area (Å²) in [4.78, 5) is 21.4. The lowest BCUT2D eigenvalue weighted by atomic mass is 10.2. The van der Waals surface area contributed by atoms with Gasteiger partial charge in [0.2, 0.25) is 5.91 Å². The Kier molecular flexibility index (Phi) is 6.72. The van der Waals surface area contributed by atoms with Crippen molar-refractivity contribution in [1.29, 1.82) is 0 Å². The molecule has 1 amide bonds. The van der Waals surface area contributed by atoms with Crippen molar-refractivity contribution in [3.63, 3.8) is 0 Å². The van der Waals surface area contributed by atoms with Gasteiger partial charge < -0.3 is 10.5 Å². The normalized spacial score (nSPS) is 9.10. The largest absolute Gasteiger partial charge is 0.465 e. The Bertz CT molecular complexity index is 585. The fourth-order valence-electron chi connectivity index (χ4n) is 1.35. The number of esters is 1. The number of hydrogen-bond acceptors (Lipinski definition) is 3. The van der Waals surface area contributed by atoms with Crippen molar-refractivity contribution < 1.29 is 14.3 Å². The SMILES string of the molecule is COC(=O)c1ccccc1.NC(=O)c1ccccc1I. The maximum atomic E-state index is 10.8. The summed E-state index contributed by atoms with van der Waals surface area (Å²) in [5.41, 5.74) is 6.25. The van der Waals surface area contributed by atoms with Crippen molar-refractivity contribution in [3.05, 3.63) is 69.3 Å². The first-order chi connectivity index (χ1) is 9.56. The van der Waals surface area contributed by atoms with Gasteiger partial charge in [0.1, 0.15) is 0 Å². The molecule has 0 aliphatic heterocycles. The molecule has 2 aromatic carbocycles. The van der Waals surface area contributed by atoms with Crippen LogP contribution in [0.2, 0.25) is 0 Å². The second-order valence-electron chi connectivity index (χ2n) is 3.70. The quantitative estimate of drug-likeness (QED) is 0.641. The van der Waals surface area contributed by atoms with Crippen LogP contribution >= 0.6 is 22.6 Å². The minimum absolute atomic E-state index is 0.291. The first-order valence-corrected chi connectivity index (χ1v) is 6.82. The molecule has 0 saturated heterocycles. The maximum absolute atomic E-state index is 10.8. The van der Waals surface area contributed by atoms with Crippen molar-refractivity contribution in [3.8, 4) is 0 Å². The van der Waals surface area contributed by atoms with E-state index in [2.05, 4.69) is 27.3 Å². The van der Waals surface area contributed by atoms with Crippen LogP contribution in [0.4, 0.5) is 0 Å². The minimum Gasteiger partial charge on any atom is -0.465 e. The van der Waals surface area contributed by atoms with Crippen molar-refractivity contribution in [1.82, 2.24) is 0 Å². The van der Waals surface area contributed by atoms with E-state index in [1.807, 2.05) is 18.2 Å². The van der Waals surface area contributed by atoms with Gasteiger partial charge in [0.25, 0.3) is 0 Å². The highest BCUT2D eigenvalue weighted by Crippen LogP contribution is 2.09. The highest BCUT2D eigenvalue weighted by Gasteiger charge is 2.02. The summed E-state index contributed by atoms with van der Waals surface area (Å²) in [5, 5.41) is 0. The van der Waals surface area contributed by atoms with Crippen LogP contribution < -0.4 is 5.73 Å². The molecule has 4 nitrogen and oxygen atoms in total. The lowest BCUT2D eigenvalue weighted by Crippen LogP contribution is -2.12. The van der Waals surface area contributed by atoms with Gasteiger partial charge in [0, 0.05) is 3.57 Å². The molecule has 2 N–H and O–H groups in total. The Morgan fingerprint density at radius 2 is 1.55 bits per heavy atom. The Morgan fingerprint density at radius 1 is 1.00 bits per heavy atom. The van der Waals surface area contributed by atoms with Crippen LogP contribution in [0.25, 0.3) is 0 Å². The Balaban J connectivity index is 0.000000200. The Hall–Kier alpha value is -1.89. The van der Waals surface area contributed by atoms with Crippen molar-refractivity contribution in [2.45, 2.75) is 0 Å². The van der Waals surface area contributed by atoms with Crippen LogP contribution in [0.15, 0.2) is 54.6 Å². The van der Waals surface area contributed by atoms with E-state index in [0.717, 1.165) is 3.57 Å². The molecular weight excluding hydrogens is 369 g/mol. The molecule has 0 atom stereocenters. The first-order valence-electron chi connectivity index (χ1n) is 5.74. The zero-order valence-electron chi connectivity index (χ0n) is 10.9. The zero-order valence-corrected chi connectivity index (χ0v) is 13.0. The van der Waals surface area contributed by atoms with Crippen LogP contribution in [0.1, 0.15) is 20.7 Å². The second-order valence-corrected chi connectivity index (χ2v) is 4.86. The number of carbonyl (C=O) groups is 2. The molecule has 0 bridgehead atoms. The predicted molar refractivity (Wildman–Crippen MR) is 85.5 cm³/mol. The van der Waals surface area contributed by atoms with Crippen LogP contribution in [0.5, 0.6) is 0 Å². The van der Waals surface area contributed by atoms with E-state index >= 15 is 0 Å². The highest BCUT2D eigenvalue weighted by molar-refractivity contribution is 14.1. The average molecular weight is 383 g/mol. The summed E-state index contributed by atoms with van der Waals surface area (Å²) >= 11 is 2.07. The van der Waals surface area contributed by atoms with Gasteiger partial charge in [-0.2, -0.15) is 0 Å². The summed E-state index contributed by atoms with van der Waals surface area (Å²) in [6.45, 7) is 0. The maximum Gasteiger partial charge on any atom is 0.337 e. The molecule has 0 saturated carbocycles. The molecule has 0 unspecified atom stereocenters. The molecule has 0 spiro atoms. The predicted octanol–water partition coefficient (Wildman–Crippen LogP) is 2.86. The number of rotatable bonds is 2. The number of primary amides is 1. The standard InChI is InChI=1S/C8H8O2.C7H6INO/c1-10-8(9)7-5-3-2-4-6-7;8-6-4-2-1-3-5(6)7(9)10/h2-6H,1H3;1-4H,(H2,9,10). The molecule has 0 heterocycles. The number of halogens is 1. The van der Waals surface area contributed by atoms with Crippen LogP contribution in [0, 0.1) is 3.57 Å². The number of hydrogen-bond donors (Lipinski definition) is 1. The summed E-state index contributed by atoms with van der Waals surface area (Å²) in [7, 11) is 1.37. The van der Waals surface area contributed by atoms with E-state index in [4.69, 9.17) is 5.73 Å². The smallest absolute Gasteiger partial charge is 0.337 e. The molecule has 0 aromatic heterocycles. The Morgan fingerprint density at radius 3 is 2.00 bits per heavy atom. The highest BCUT2D eigenvalue weighted by atomic mass is 127. The summed E-state index contributed by atoms with van der Waals surface area (Å²) in [5.74, 6) is -0.661. The molecule has 0 aliphatic rings. The number of ether oxygens (including phenoxy) is 1. The minimum atomic E-state index is -0.370. The monoisotopic (exact) mass is 383 g/mol. The van der Waals surface area contributed by atoms with Crippen molar-refractivity contribution in [2.75, 3.05) is 7.11 Å². The van der Waals surface area contributed by atoms with Gasteiger partial charge in [0.15, 0.2) is 0 Å². The van der Waals surface area contributed by atoms with Gasteiger partial charge in [-0.05, 0) is 46.9 Å². The molecule has 2 rings (SSSR count). The number of nitrogens with two attached hydrogens (primary N) is 1. The molecular formula is C15H14INO3. The van der Waals surface area contributed by atoms with Gasteiger partial charge in [-0.25, -0.2) is 4.79 Å². The van der Waals surface area contributed by atoms with Gasteiger partial charge in [-0.15, -0.1) is 0 Å². The molecule has 20 heavy (non-hydrogen) atoms. The van der Waals surface area contributed by atoms with E-state index in [1.54, 1.807) is 36.4 Å². The topological polar surface area (TPSA) is 69.4 Å². The molecule has 0 fully saturated rings. The van der Waals surface area contributed by atoms with E-state index in [1.165, 1.54) is 7.11 Å². The van der Waals surface area contributed by atoms with Crippen LogP contribution in [-0.4, -0.2) is 19.0 Å². The van der Waals surface area contributed by atoms with Crippen molar-refractivity contribution >= 4 is 34.5 Å². The van der Waals surface area contributed by atoms with E-state index in [-0.39, 0.29) is 11.9 Å². The number of amides is 1. The lowest BCUT2D eigenvalue weighted by Gasteiger charge is -1.95. The summed E-state index contributed by atoms with van der Waals surface area (Å²) < 4.78 is 5.39. The van der Waals surface area contributed by atoms with Gasteiger partial charge in [-0.1, -0.05) is 30.3 Å². The first kappa shape index (κ1) is 16.2. The van der Waals surface area contributed by atoms with Gasteiger partial charge >= 0.3 is 5.97 Å². The zero-order chi connectivity index (χ0) is 15.0. The molecule has 0 radical (unpaired) electrons. The summed E-state index contributed by atoms with van der Waals surface area (Å²) in [6, 6.07) is 16.1.